The van der Waals surface area contributed by atoms with E-state index in [9.17, 15) is 14.0 Å². The van der Waals surface area contributed by atoms with Gasteiger partial charge in [0.2, 0.25) is 5.91 Å². The number of nitrogens with zero attached hydrogens (tertiary/aromatic N) is 2. The van der Waals surface area contributed by atoms with E-state index in [2.05, 4.69) is 5.32 Å². The van der Waals surface area contributed by atoms with Gasteiger partial charge < -0.3 is 10.2 Å². The summed E-state index contributed by atoms with van der Waals surface area (Å²) >= 11 is 37.3. The van der Waals surface area contributed by atoms with Gasteiger partial charge in [0, 0.05) is 18.7 Å². The smallest absolute Gasteiger partial charge is 0.259 e. The zero-order valence-electron chi connectivity index (χ0n) is 18.6. The lowest BCUT2D eigenvalue weighted by atomic mass is 10.1. The molecule has 190 valence electrons. The first kappa shape index (κ1) is 27.8. The number of benzene rings is 3. The number of alkyl halides is 2. The Morgan fingerprint density at radius 3 is 2.24 bits per heavy atom. The molecule has 3 aromatic rings. The minimum absolute atomic E-state index is 0.0114. The molecule has 2 unspecified atom stereocenters. The molecular weight excluding hydrogens is 606 g/mol. The first-order valence-corrected chi connectivity index (χ1v) is 12.7. The highest BCUT2D eigenvalue weighted by Crippen LogP contribution is 2.65. The van der Waals surface area contributed by atoms with Gasteiger partial charge in [-0.1, -0.05) is 46.4 Å². The largest absolute Gasteiger partial charge is 0.326 e. The quantitative estimate of drug-likeness (QED) is 0.232. The van der Waals surface area contributed by atoms with Crippen LogP contribution in [0.15, 0.2) is 48.5 Å². The van der Waals surface area contributed by atoms with E-state index in [0.717, 1.165) is 11.0 Å². The molecule has 1 aliphatic rings. The third kappa shape index (κ3) is 5.35. The van der Waals surface area contributed by atoms with Gasteiger partial charge in [-0.15, -0.1) is 23.2 Å². The van der Waals surface area contributed by atoms with Crippen molar-refractivity contribution in [1.82, 2.24) is 0 Å². The fourth-order valence-electron chi connectivity index (χ4n) is 3.95. The van der Waals surface area contributed by atoms with E-state index in [1.165, 1.54) is 37.4 Å². The Kier molecular flexibility index (Phi) is 7.88. The average Bonchev–Trinajstić information content (AvgIpc) is 3.44. The third-order valence-corrected chi connectivity index (χ3v) is 8.38. The van der Waals surface area contributed by atoms with Crippen molar-refractivity contribution in [3.05, 3.63) is 91.1 Å². The van der Waals surface area contributed by atoms with Crippen molar-refractivity contribution in [3.63, 3.8) is 0 Å². The molecule has 1 fully saturated rings. The first-order chi connectivity index (χ1) is 17.4. The standard InChI is InChI=1S/C25H14Cl6FN3O2/c1-35(19-5-2-11(10-33)6-18(19)32)24(37)14-9-13(3-4-15(14)26)34-23(36)21-20(25(21,30)31)12-7-16(27)22(29)17(28)8-12/h2-9,20-21H,1H3,(H,34,36). The van der Waals surface area contributed by atoms with Crippen molar-refractivity contribution in [2.24, 2.45) is 5.92 Å². The number of nitriles is 1. The van der Waals surface area contributed by atoms with E-state index in [4.69, 9.17) is 74.9 Å². The summed E-state index contributed by atoms with van der Waals surface area (Å²) in [5.74, 6) is -3.36. The van der Waals surface area contributed by atoms with Crippen LogP contribution in [0.25, 0.3) is 0 Å². The summed E-state index contributed by atoms with van der Waals surface area (Å²) in [6.07, 6.45) is 0. The molecule has 2 atom stereocenters. The van der Waals surface area contributed by atoms with Crippen LogP contribution in [-0.4, -0.2) is 23.2 Å². The van der Waals surface area contributed by atoms with E-state index < -0.39 is 33.8 Å². The van der Waals surface area contributed by atoms with Crippen LogP contribution in [0.1, 0.15) is 27.4 Å². The predicted molar refractivity (Wildman–Crippen MR) is 146 cm³/mol. The molecule has 1 saturated carbocycles. The molecule has 2 amide bonds. The molecular formula is C25H14Cl6FN3O2. The van der Waals surface area contributed by atoms with Gasteiger partial charge in [0.05, 0.1) is 48.9 Å². The Hall–Kier alpha value is -2.24. The highest BCUT2D eigenvalue weighted by Gasteiger charge is 2.67. The molecule has 3 aromatic carbocycles. The molecule has 12 heteroatoms. The fourth-order valence-corrected chi connectivity index (χ4v) is 5.59. The van der Waals surface area contributed by atoms with Gasteiger partial charge in [-0.2, -0.15) is 5.26 Å². The van der Waals surface area contributed by atoms with Crippen molar-refractivity contribution in [2.45, 2.75) is 10.3 Å². The van der Waals surface area contributed by atoms with E-state index >= 15 is 0 Å². The van der Waals surface area contributed by atoms with Crippen LogP contribution < -0.4 is 10.2 Å². The first-order valence-electron chi connectivity index (χ1n) is 10.5. The topological polar surface area (TPSA) is 73.2 Å². The van der Waals surface area contributed by atoms with Gasteiger partial charge in [0.15, 0.2) is 0 Å². The molecule has 0 heterocycles. The van der Waals surface area contributed by atoms with Crippen molar-refractivity contribution < 1.29 is 14.0 Å². The van der Waals surface area contributed by atoms with Crippen LogP contribution in [0.2, 0.25) is 20.1 Å². The maximum atomic E-state index is 14.4. The molecule has 0 saturated heterocycles. The van der Waals surface area contributed by atoms with Gasteiger partial charge >= 0.3 is 0 Å². The molecule has 0 spiro atoms. The fraction of sp³-hybridized carbons (Fsp3) is 0.160. The van der Waals surface area contributed by atoms with E-state index in [1.54, 1.807) is 12.1 Å². The summed E-state index contributed by atoms with van der Waals surface area (Å²) in [6.45, 7) is 0. The Balaban J connectivity index is 1.55. The average molecular weight is 620 g/mol. The summed E-state index contributed by atoms with van der Waals surface area (Å²) < 4.78 is 13.0. The zero-order valence-corrected chi connectivity index (χ0v) is 23.2. The minimum atomic E-state index is -1.43. The van der Waals surface area contributed by atoms with Crippen LogP contribution in [-0.2, 0) is 4.79 Å². The lowest BCUT2D eigenvalue weighted by molar-refractivity contribution is -0.117. The third-order valence-electron chi connectivity index (χ3n) is 5.91. The number of anilines is 2. The normalized spacial score (nSPS) is 17.6. The van der Waals surface area contributed by atoms with Gasteiger partial charge in [-0.05, 0) is 54.1 Å². The van der Waals surface area contributed by atoms with Crippen LogP contribution in [0.3, 0.4) is 0 Å². The van der Waals surface area contributed by atoms with E-state index in [0.29, 0.717) is 5.56 Å². The summed E-state index contributed by atoms with van der Waals surface area (Å²) in [5.41, 5.74) is 0.860. The molecule has 5 nitrogen and oxygen atoms in total. The van der Waals surface area contributed by atoms with Gasteiger partial charge in [-0.25, -0.2) is 4.39 Å². The minimum Gasteiger partial charge on any atom is -0.326 e. The number of halogens is 7. The van der Waals surface area contributed by atoms with E-state index in [1.807, 2.05) is 6.07 Å². The van der Waals surface area contributed by atoms with Crippen molar-refractivity contribution >= 4 is 92.8 Å². The summed E-state index contributed by atoms with van der Waals surface area (Å²) in [7, 11) is 1.36. The number of carbonyl (C=O) groups excluding carboxylic acids is 2. The second-order valence-electron chi connectivity index (χ2n) is 8.25. The van der Waals surface area contributed by atoms with Crippen LogP contribution in [0, 0.1) is 23.1 Å². The molecule has 4 rings (SSSR count). The summed E-state index contributed by atoms with van der Waals surface area (Å²) in [5, 5.41) is 12.3. The zero-order chi connectivity index (χ0) is 27.2. The van der Waals surface area contributed by atoms with E-state index in [-0.39, 0.29) is 42.6 Å². The highest BCUT2D eigenvalue weighted by molar-refractivity contribution is 6.54. The van der Waals surface area contributed by atoms with Gasteiger partial charge in [0.1, 0.15) is 10.2 Å². The van der Waals surface area contributed by atoms with Crippen molar-refractivity contribution in [3.8, 4) is 6.07 Å². The number of hydrogen-bond donors (Lipinski definition) is 1. The monoisotopic (exact) mass is 617 g/mol. The summed E-state index contributed by atoms with van der Waals surface area (Å²) in [4.78, 5) is 27.2. The second kappa shape index (κ2) is 10.5. The van der Waals surface area contributed by atoms with Crippen molar-refractivity contribution in [1.29, 1.82) is 5.26 Å². The molecule has 0 radical (unpaired) electrons. The van der Waals surface area contributed by atoms with Crippen LogP contribution >= 0.6 is 69.6 Å². The maximum absolute atomic E-state index is 14.4. The number of rotatable bonds is 5. The van der Waals surface area contributed by atoms with Crippen molar-refractivity contribution in [2.75, 3.05) is 17.3 Å². The van der Waals surface area contributed by atoms with Crippen LogP contribution in [0.4, 0.5) is 15.8 Å². The Morgan fingerprint density at radius 1 is 1.00 bits per heavy atom. The van der Waals surface area contributed by atoms with Gasteiger partial charge in [-0.3, -0.25) is 9.59 Å². The number of carbonyl (C=O) groups is 2. The number of amides is 2. The highest BCUT2D eigenvalue weighted by atomic mass is 35.5. The second-order valence-corrected chi connectivity index (χ2v) is 11.3. The summed E-state index contributed by atoms with van der Waals surface area (Å²) in [6, 6.07) is 12.9. The number of nitrogens with one attached hydrogen (secondary N) is 1. The Labute approximate surface area is 241 Å². The Bertz CT molecular complexity index is 1470. The number of hydrogen-bond acceptors (Lipinski definition) is 3. The predicted octanol–water partition coefficient (Wildman–Crippen LogP) is 8.11. The van der Waals surface area contributed by atoms with Crippen LogP contribution in [0.5, 0.6) is 0 Å². The Morgan fingerprint density at radius 2 is 1.65 bits per heavy atom. The van der Waals surface area contributed by atoms with Gasteiger partial charge in [0.25, 0.3) is 5.91 Å². The molecule has 0 aliphatic heterocycles. The lowest BCUT2D eigenvalue weighted by Crippen LogP contribution is -2.27. The maximum Gasteiger partial charge on any atom is 0.259 e. The molecule has 1 N–H and O–H groups in total. The lowest BCUT2D eigenvalue weighted by Gasteiger charge is -2.19. The molecule has 37 heavy (non-hydrogen) atoms. The SMILES string of the molecule is CN(C(=O)c1cc(NC(=O)C2C(c3cc(Cl)c(Cl)c(Cl)c3)C2(Cl)Cl)ccc1Cl)c1ccc(C#N)cc1F. The molecule has 1 aliphatic carbocycles. The molecule has 0 bridgehead atoms. The molecule has 0 aromatic heterocycles.